The molecule has 36 heavy (non-hydrogen) atoms. The summed E-state index contributed by atoms with van der Waals surface area (Å²) in [6.45, 7) is 9.50. The van der Waals surface area contributed by atoms with Crippen LogP contribution in [-0.4, -0.2) is 91.5 Å². The van der Waals surface area contributed by atoms with Gasteiger partial charge in [-0.25, -0.2) is 0 Å². The van der Waals surface area contributed by atoms with E-state index in [1.807, 2.05) is 6.92 Å². The number of esters is 1. The van der Waals surface area contributed by atoms with Crippen LogP contribution in [-0.2, 0) is 33.2 Å². The van der Waals surface area contributed by atoms with E-state index in [1.165, 1.54) is 0 Å². The molecule has 0 saturated carbocycles. The molecule has 1 unspecified atom stereocenters. The van der Waals surface area contributed by atoms with Crippen LogP contribution < -0.4 is 4.74 Å². The number of carbonyl (C=O) groups is 2. The molecule has 1 atom stereocenters. The Morgan fingerprint density at radius 2 is 1.19 bits per heavy atom. The van der Waals surface area contributed by atoms with Crippen LogP contribution in [0.3, 0.4) is 0 Å². The van der Waals surface area contributed by atoms with Crippen LogP contribution >= 0.6 is 0 Å². The molecule has 0 aliphatic heterocycles. The van der Waals surface area contributed by atoms with Gasteiger partial charge in [-0.2, -0.15) is 0 Å². The molecule has 1 rings (SSSR count). The second-order valence-electron chi connectivity index (χ2n) is 8.01. The van der Waals surface area contributed by atoms with Crippen LogP contribution in [0.2, 0.25) is 0 Å². The fraction of sp³-hybridized carbons (Fsp3) is 0.704. The Morgan fingerprint density at radius 3 is 1.64 bits per heavy atom. The minimum atomic E-state index is -0.121. The summed E-state index contributed by atoms with van der Waals surface area (Å²) in [5, 5.41) is 0. The average Bonchev–Trinajstić information content (AvgIpc) is 2.90. The first-order chi connectivity index (χ1) is 17.7. The van der Waals surface area contributed by atoms with Crippen LogP contribution in [0.25, 0.3) is 0 Å². The highest BCUT2D eigenvalue weighted by atomic mass is 16.6. The Morgan fingerprint density at radius 1 is 0.722 bits per heavy atom. The molecule has 0 aromatic heterocycles. The van der Waals surface area contributed by atoms with Crippen LogP contribution in [0.15, 0.2) is 24.3 Å². The third-order valence-corrected chi connectivity index (χ3v) is 5.20. The predicted octanol–water partition coefficient (Wildman–Crippen LogP) is 3.72. The number of rotatable bonds is 25. The standard InChI is InChI=1S/C27H44O9/c1-3-5-6-25(4-2)27(29)36-22-20-34-18-16-32-14-12-30-11-13-31-15-17-33-19-21-35-26-9-7-24(23-28)8-10-26/h7-10,23,25H,3-6,11-22H2,1-2H3. The quantitative estimate of drug-likeness (QED) is 0.110. The molecule has 0 heterocycles. The minimum absolute atomic E-state index is 0.00148. The van der Waals surface area contributed by atoms with Crippen molar-refractivity contribution in [3.8, 4) is 5.75 Å². The zero-order valence-corrected chi connectivity index (χ0v) is 22.0. The van der Waals surface area contributed by atoms with Crippen molar-refractivity contribution in [2.75, 3.05) is 79.3 Å². The molecule has 1 aromatic rings. The molecule has 0 saturated heterocycles. The number of aldehydes is 1. The SMILES string of the molecule is CCCCC(CC)C(=O)OCCOCCOCCOCCOCCOCCOc1ccc(C=O)cc1. The molecule has 0 aliphatic carbocycles. The Hall–Kier alpha value is -2.04. The van der Waals surface area contributed by atoms with Gasteiger partial charge in [0.2, 0.25) is 0 Å². The highest BCUT2D eigenvalue weighted by Gasteiger charge is 2.16. The first-order valence-corrected chi connectivity index (χ1v) is 12.9. The molecule has 1 aromatic carbocycles. The van der Waals surface area contributed by atoms with Crippen LogP contribution in [0.4, 0.5) is 0 Å². The van der Waals surface area contributed by atoms with Gasteiger partial charge in [0.25, 0.3) is 0 Å². The molecule has 0 spiro atoms. The number of unbranched alkanes of at least 4 members (excludes halogenated alkanes) is 1. The molecule has 0 N–H and O–H groups in total. The maximum absolute atomic E-state index is 12.0. The summed E-state index contributed by atoms with van der Waals surface area (Å²) < 4.78 is 38.0. The highest BCUT2D eigenvalue weighted by Crippen LogP contribution is 2.14. The monoisotopic (exact) mass is 512 g/mol. The molecule has 0 bridgehead atoms. The summed E-state index contributed by atoms with van der Waals surface area (Å²) in [4.78, 5) is 22.6. The van der Waals surface area contributed by atoms with Crippen LogP contribution in [0, 0.1) is 5.92 Å². The molecule has 0 fully saturated rings. The van der Waals surface area contributed by atoms with Crippen molar-refractivity contribution in [3.63, 3.8) is 0 Å². The third-order valence-electron chi connectivity index (χ3n) is 5.20. The van der Waals surface area contributed by atoms with Crippen molar-refractivity contribution in [1.82, 2.24) is 0 Å². The summed E-state index contributed by atoms with van der Waals surface area (Å²) in [5.41, 5.74) is 0.618. The Bertz CT molecular complexity index is 651. The van der Waals surface area contributed by atoms with E-state index < -0.39 is 0 Å². The van der Waals surface area contributed by atoms with Gasteiger partial charge >= 0.3 is 5.97 Å². The summed E-state index contributed by atoms with van der Waals surface area (Å²) in [6, 6.07) is 6.93. The van der Waals surface area contributed by atoms with Crippen molar-refractivity contribution in [1.29, 1.82) is 0 Å². The molecule has 9 heteroatoms. The maximum atomic E-state index is 12.0. The zero-order valence-electron chi connectivity index (χ0n) is 22.0. The van der Waals surface area contributed by atoms with Gasteiger partial charge < -0.3 is 33.2 Å². The predicted molar refractivity (Wildman–Crippen MR) is 136 cm³/mol. The molecular weight excluding hydrogens is 468 g/mol. The van der Waals surface area contributed by atoms with Crippen molar-refractivity contribution in [3.05, 3.63) is 29.8 Å². The number of benzene rings is 1. The lowest BCUT2D eigenvalue weighted by molar-refractivity contribution is -0.150. The van der Waals surface area contributed by atoms with E-state index in [0.29, 0.717) is 84.0 Å². The highest BCUT2D eigenvalue weighted by molar-refractivity contribution is 5.74. The first kappa shape index (κ1) is 32.0. The number of carbonyl (C=O) groups excluding carboxylic acids is 2. The number of ether oxygens (including phenoxy) is 7. The summed E-state index contributed by atoms with van der Waals surface area (Å²) in [5.74, 6) is 0.581. The van der Waals surface area contributed by atoms with E-state index >= 15 is 0 Å². The van der Waals surface area contributed by atoms with Gasteiger partial charge in [-0.15, -0.1) is 0 Å². The minimum Gasteiger partial charge on any atom is -0.491 e. The van der Waals surface area contributed by atoms with Gasteiger partial charge in [-0.1, -0.05) is 26.7 Å². The lowest BCUT2D eigenvalue weighted by Gasteiger charge is -2.13. The van der Waals surface area contributed by atoms with Crippen LogP contribution in [0.5, 0.6) is 5.75 Å². The van der Waals surface area contributed by atoms with E-state index in [9.17, 15) is 9.59 Å². The van der Waals surface area contributed by atoms with E-state index in [2.05, 4.69) is 6.92 Å². The smallest absolute Gasteiger partial charge is 0.308 e. The largest absolute Gasteiger partial charge is 0.491 e. The van der Waals surface area contributed by atoms with Gasteiger partial charge in [0.15, 0.2) is 0 Å². The van der Waals surface area contributed by atoms with Gasteiger partial charge in [0.05, 0.1) is 72.0 Å². The summed E-state index contributed by atoms with van der Waals surface area (Å²) >= 11 is 0. The normalized spacial score (nSPS) is 11.8. The zero-order chi connectivity index (χ0) is 26.1. The van der Waals surface area contributed by atoms with Gasteiger partial charge in [-0.3, -0.25) is 9.59 Å². The first-order valence-electron chi connectivity index (χ1n) is 12.9. The average molecular weight is 513 g/mol. The Kier molecular flexibility index (Phi) is 20.8. The molecule has 0 amide bonds. The van der Waals surface area contributed by atoms with Gasteiger partial charge in [0.1, 0.15) is 25.2 Å². The lowest BCUT2D eigenvalue weighted by atomic mass is 10.00. The van der Waals surface area contributed by atoms with E-state index in [1.54, 1.807) is 24.3 Å². The van der Waals surface area contributed by atoms with Crippen LogP contribution in [0.1, 0.15) is 49.9 Å². The topological polar surface area (TPSA) is 98.8 Å². The Balaban J connectivity index is 1.77. The molecule has 206 valence electrons. The van der Waals surface area contributed by atoms with E-state index in [-0.39, 0.29) is 18.5 Å². The van der Waals surface area contributed by atoms with Crippen molar-refractivity contribution >= 4 is 12.3 Å². The number of hydrogen-bond donors (Lipinski definition) is 0. The molecule has 9 nitrogen and oxygen atoms in total. The van der Waals surface area contributed by atoms with Crippen molar-refractivity contribution < 1.29 is 42.7 Å². The Labute approximate surface area is 215 Å². The maximum Gasteiger partial charge on any atom is 0.308 e. The molecular formula is C27H44O9. The third kappa shape index (κ3) is 17.4. The summed E-state index contributed by atoms with van der Waals surface area (Å²) in [7, 11) is 0. The van der Waals surface area contributed by atoms with E-state index in [4.69, 9.17) is 33.2 Å². The van der Waals surface area contributed by atoms with Crippen molar-refractivity contribution in [2.45, 2.75) is 39.5 Å². The molecule has 0 aliphatic rings. The van der Waals surface area contributed by atoms with Crippen molar-refractivity contribution in [2.24, 2.45) is 5.92 Å². The molecule has 0 radical (unpaired) electrons. The van der Waals surface area contributed by atoms with Gasteiger partial charge in [-0.05, 0) is 37.1 Å². The summed E-state index contributed by atoms with van der Waals surface area (Å²) in [6.07, 6.45) is 4.63. The fourth-order valence-corrected chi connectivity index (χ4v) is 3.10. The number of hydrogen-bond acceptors (Lipinski definition) is 9. The second kappa shape index (κ2) is 23.4. The second-order valence-corrected chi connectivity index (χ2v) is 8.01. The lowest BCUT2D eigenvalue weighted by Crippen LogP contribution is -2.20. The van der Waals surface area contributed by atoms with Gasteiger partial charge in [0, 0.05) is 5.56 Å². The van der Waals surface area contributed by atoms with E-state index in [0.717, 1.165) is 32.0 Å². The fourth-order valence-electron chi connectivity index (χ4n) is 3.10.